The van der Waals surface area contributed by atoms with Gasteiger partial charge in [0.25, 0.3) is 0 Å². The van der Waals surface area contributed by atoms with E-state index >= 15 is 0 Å². The van der Waals surface area contributed by atoms with Crippen LogP contribution >= 0.6 is 11.3 Å². The van der Waals surface area contributed by atoms with E-state index in [-0.39, 0.29) is 4.21 Å². The van der Waals surface area contributed by atoms with Gasteiger partial charge in [-0.05, 0) is 25.1 Å². The van der Waals surface area contributed by atoms with Gasteiger partial charge in [0.15, 0.2) is 0 Å². The highest BCUT2D eigenvalue weighted by atomic mass is 32.3. The molecule has 0 bridgehead atoms. The highest BCUT2D eigenvalue weighted by Gasteiger charge is 2.11. The van der Waals surface area contributed by atoms with Crippen molar-refractivity contribution in [3.8, 4) is 0 Å². The molecule has 0 radical (unpaired) electrons. The average molecular weight is 249 g/mol. The third kappa shape index (κ3) is 4.00. The molecule has 0 atom stereocenters. The van der Waals surface area contributed by atoms with E-state index in [2.05, 4.69) is 5.48 Å². The first-order chi connectivity index (χ1) is 7.04. The van der Waals surface area contributed by atoms with Gasteiger partial charge in [-0.2, -0.15) is 8.42 Å². The highest BCUT2D eigenvalue weighted by Crippen LogP contribution is 2.21. The highest BCUT2D eigenvalue weighted by molar-refractivity contribution is 7.88. The molecule has 1 heterocycles. The Morgan fingerprint density at radius 2 is 2.33 bits per heavy atom. The van der Waals surface area contributed by atoms with Crippen molar-refractivity contribution in [2.24, 2.45) is 0 Å². The van der Waals surface area contributed by atoms with Crippen molar-refractivity contribution in [3.63, 3.8) is 0 Å². The lowest BCUT2D eigenvalue weighted by atomic mass is 10.5. The maximum absolute atomic E-state index is 10.7. The zero-order chi connectivity index (χ0) is 11.3. The smallest absolute Gasteiger partial charge is 0.281 e. The first-order valence-corrected chi connectivity index (χ1v) is 6.41. The normalized spacial score (nSPS) is 12.1. The Labute approximate surface area is 92.1 Å². The molecule has 0 unspecified atom stereocenters. The summed E-state index contributed by atoms with van der Waals surface area (Å²) in [4.78, 5) is 5.53. The van der Waals surface area contributed by atoms with Gasteiger partial charge in [0.1, 0.15) is 4.21 Å². The predicted octanol–water partition coefficient (Wildman–Crippen LogP) is 1.51. The van der Waals surface area contributed by atoms with Gasteiger partial charge in [-0.1, -0.05) is 0 Å². The molecule has 0 amide bonds. The molecule has 7 heteroatoms. The molecule has 1 aromatic heterocycles. The number of thiophene rings is 1. The van der Waals surface area contributed by atoms with Crippen molar-refractivity contribution in [3.05, 3.63) is 23.2 Å². The molecule has 1 aromatic rings. The minimum Gasteiger partial charge on any atom is -0.281 e. The third-order valence-corrected chi connectivity index (χ3v) is 3.77. The second-order valence-corrected chi connectivity index (χ2v) is 5.28. The number of hydroxylamine groups is 1. The Morgan fingerprint density at radius 3 is 2.87 bits per heavy atom. The van der Waals surface area contributed by atoms with E-state index in [1.54, 1.807) is 18.3 Å². The first-order valence-electron chi connectivity index (χ1n) is 4.15. The fourth-order valence-electron chi connectivity index (χ4n) is 0.810. The monoisotopic (exact) mass is 249 g/mol. The van der Waals surface area contributed by atoms with Gasteiger partial charge in [-0.25, -0.2) is 0 Å². The summed E-state index contributed by atoms with van der Waals surface area (Å²) in [6.07, 6.45) is 3.19. The summed E-state index contributed by atoms with van der Waals surface area (Å²) in [7, 11) is -4.08. The number of rotatable bonds is 5. The van der Waals surface area contributed by atoms with Crippen molar-refractivity contribution in [1.82, 2.24) is 5.48 Å². The minimum atomic E-state index is -4.08. The SMILES string of the molecule is CCONC=Cc1ccc(S(=O)(=O)O)s1. The average Bonchev–Trinajstić information content (AvgIpc) is 2.60. The first kappa shape index (κ1) is 12.2. The van der Waals surface area contributed by atoms with Crippen molar-refractivity contribution < 1.29 is 17.8 Å². The molecule has 0 aliphatic heterocycles. The second-order valence-electron chi connectivity index (χ2n) is 2.52. The van der Waals surface area contributed by atoms with E-state index in [0.717, 1.165) is 11.3 Å². The molecule has 0 saturated heterocycles. The van der Waals surface area contributed by atoms with Crippen LogP contribution in [-0.4, -0.2) is 19.6 Å². The Balaban J connectivity index is 2.65. The van der Waals surface area contributed by atoms with E-state index in [4.69, 9.17) is 9.39 Å². The summed E-state index contributed by atoms with van der Waals surface area (Å²) in [6, 6.07) is 2.94. The number of hydrogen-bond donors (Lipinski definition) is 2. The molecule has 0 spiro atoms. The van der Waals surface area contributed by atoms with E-state index < -0.39 is 10.1 Å². The van der Waals surface area contributed by atoms with Crippen LogP contribution in [0.4, 0.5) is 0 Å². The molecule has 1 rings (SSSR count). The lowest BCUT2D eigenvalue weighted by Gasteiger charge is -1.95. The molecule has 0 saturated carbocycles. The quantitative estimate of drug-likeness (QED) is 0.470. The fourth-order valence-corrected chi connectivity index (χ4v) is 2.40. The topological polar surface area (TPSA) is 75.6 Å². The Morgan fingerprint density at radius 1 is 1.60 bits per heavy atom. The van der Waals surface area contributed by atoms with Crippen molar-refractivity contribution >= 4 is 27.5 Å². The fraction of sp³-hybridized carbons (Fsp3) is 0.250. The van der Waals surface area contributed by atoms with Crippen molar-refractivity contribution in [1.29, 1.82) is 0 Å². The molecule has 0 aliphatic carbocycles. The summed E-state index contributed by atoms with van der Waals surface area (Å²) in [6.45, 7) is 2.37. The van der Waals surface area contributed by atoms with Crippen LogP contribution in [0.1, 0.15) is 11.8 Å². The van der Waals surface area contributed by atoms with Crippen LogP contribution in [-0.2, 0) is 15.0 Å². The summed E-state index contributed by atoms with van der Waals surface area (Å²) >= 11 is 0.978. The number of hydrogen-bond acceptors (Lipinski definition) is 5. The largest absolute Gasteiger partial charge is 0.304 e. The maximum Gasteiger partial charge on any atom is 0.304 e. The van der Waals surface area contributed by atoms with Gasteiger partial charge in [0.05, 0.1) is 6.61 Å². The second kappa shape index (κ2) is 5.26. The standard InChI is InChI=1S/C8H11NO4S2/c1-2-13-9-6-5-7-3-4-8(14-7)15(10,11)12/h3-6,9H,2H2,1H3,(H,10,11,12). The van der Waals surface area contributed by atoms with Gasteiger partial charge in [-0.3, -0.25) is 14.9 Å². The summed E-state index contributed by atoms with van der Waals surface area (Å²) < 4.78 is 30.1. The van der Waals surface area contributed by atoms with Crippen LogP contribution in [0, 0.1) is 0 Å². The molecule has 0 aromatic carbocycles. The van der Waals surface area contributed by atoms with Gasteiger partial charge < -0.3 is 0 Å². The predicted molar refractivity (Wildman–Crippen MR) is 57.9 cm³/mol. The third-order valence-electron chi connectivity index (χ3n) is 1.40. The molecule has 0 aliphatic rings. The lowest BCUT2D eigenvalue weighted by Crippen LogP contribution is -2.04. The van der Waals surface area contributed by atoms with Gasteiger partial charge in [-0.15, -0.1) is 11.3 Å². The molecule has 0 fully saturated rings. The van der Waals surface area contributed by atoms with Crippen LogP contribution in [0.5, 0.6) is 0 Å². The van der Waals surface area contributed by atoms with Crippen molar-refractivity contribution in [2.45, 2.75) is 11.1 Å². The van der Waals surface area contributed by atoms with Crippen LogP contribution in [0.2, 0.25) is 0 Å². The maximum atomic E-state index is 10.7. The molecule has 2 N–H and O–H groups in total. The molecule has 84 valence electrons. The molecular formula is C8H11NO4S2. The summed E-state index contributed by atoms with van der Waals surface area (Å²) in [5.41, 5.74) is 2.55. The Hall–Kier alpha value is -0.890. The zero-order valence-electron chi connectivity index (χ0n) is 8.00. The van der Waals surface area contributed by atoms with Gasteiger partial charge in [0, 0.05) is 11.1 Å². The molecular weight excluding hydrogens is 238 g/mol. The van der Waals surface area contributed by atoms with E-state index in [1.165, 1.54) is 6.07 Å². The van der Waals surface area contributed by atoms with Gasteiger partial charge >= 0.3 is 10.1 Å². The summed E-state index contributed by atoms with van der Waals surface area (Å²) in [5.74, 6) is 0. The van der Waals surface area contributed by atoms with Gasteiger partial charge in [0.2, 0.25) is 0 Å². The molecule has 15 heavy (non-hydrogen) atoms. The van der Waals surface area contributed by atoms with E-state index in [1.807, 2.05) is 6.92 Å². The van der Waals surface area contributed by atoms with E-state index in [9.17, 15) is 8.42 Å². The minimum absolute atomic E-state index is 0.0708. The molecule has 5 nitrogen and oxygen atoms in total. The Bertz CT molecular complexity index is 435. The lowest BCUT2D eigenvalue weighted by molar-refractivity contribution is 0.0832. The van der Waals surface area contributed by atoms with Crippen molar-refractivity contribution in [2.75, 3.05) is 6.61 Å². The van der Waals surface area contributed by atoms with E-state index in [0.29, 0.717) is 11.5 Å². The van der Waals surface area contributed by atoms with Crippen LogP contribution < -0.4 is 5.48 Å². The van der Waals surface area contributed by atoms with Crippen LogP contribution in [0.15, 0.2) is 22.5 Å². The number of nitrogens with one attached hydrogen (secondary N) is 1. The summed E-state index contributed by atoms with van der Waals surface area (Å²) in [5, 5.41) is 0. The zero-order valence-corrected chi connectivity index (χ0v) is 9.64. The van der Waals surface area contributed by atoms with Crippen LogP contribution in [0.3, 0.4) is 0 Å². The van der Waals surface area contributed by atoms with Crippen LogP contribution in [0.25, 0.3) is 6.08 Å². The Kier molecular flexibility index (Phi) is 4.28.